The topological polar surface area (TPSA) is 86.8 Å². The smallest absolute Gasteiger partial charge is 0.264 e. The number of benzene rings is 3. The fraction of sp³-hybridized carbons (Fsp3) is 0.259. The van der Waals surface area contributed by atoms with E-state index >= 15 is 0 Å². The Kier molecular flexibility index (Phi) is 9.50. The number of halogens is 1. The highest BCUT2D eigenvalue weighted by molar-refractivity contribution is 7.92. The van der Waals surface area contributed by atoms with Crippen molar-refractivity contribution in [3.05, 3.63) is 95.5 Å². The minimum Gasteiger partial charge on any atom is -0.357 e. The van der Waals surface area contributed by atoms with E-state index in [0.717, 1.165) is 9.87 Å². The summed E-state index contributed by atoms with van der Waals surface area (Å²) < 4.78 is 28.3. The van der Waals surface area contributed by atoms with Crippen LogP contribution in [0.2, 0.25) is 5.02 Å². The summed E-state index contributed by atoms with van der Waals surface area (Å²) in [6, 6.07) is 23.1. The molecule has 0 unspecified atom stereocenters. The lowest BCUT2D eigenvalue weighted by atomic mass is 10.1. The van der Waals surface area contributed by atoms with Crippen LogP contribution < -0.4 is 9.62 Å². The van der Waals surface area contributed by atoms with Crippen molar-refractivity contribution in [2.24, 2.45) is 0 Å². The van der Waals surface area contributed by atoms with Gasteiger partial charge in [0.15, 0.2) is 0 Å². The summed E-state index contributed by atoms with van der Waals surface area (Å²) in [6.07, 6.45) is 0.894. The molecule has 190 valence electrons. The number of amides is 2. The quantitative estimate of drug-likeness (QED) is 0.406. The van der Waals surface area contributed by atoms with Crippen LogP contribution in [0.5, 0.6) is 0 Å². The van der Waals surface area contributed by atoms with Gasteiger partial charge >= 0.3 is 0 Å². The molecule has 0 heterocycles. The Balaban J connectivity index is 1.99. The Morgan fingerprint density at radius 1 is 0.944 bits per heavy atom. The molecule has 0 radical (unpaired) electrons. The SMILES string of the molecule is CC[C@@H](C(=O)NC)N(CCc1ccccc1)C(=O)CN(c1cccc(Cl)c1)S(=O)(=O)c1ccccc1. The number of hydrogen-bond acceptors (Lipinski definition) is 4. The van der Waals surface area contributed by atoms with Crippen LogP contribution in [0.15, 0.2) is 89.8 Å². The van der Waals surface area contributed by atoms with Gasteiger partial charge < -0.3 is 10.2 Å². The third kappa shape index (κ3) is 6.65. The second kappa shape index (κ2) is 12.6. The van der Waals surface area contributed by atoms with Crippen molar-refractivity contribution in [2.45, 2.75) is 30.7 Å². The van der Waals surface area contributed by atoms with Crippen molar-refractivity contribution in [3.8, 4) is 0 Å². The summed E-state index contributed by atoms with van der Waals surface area (Å²) in [5.41, 5.74) is 1.27. The van der Waals surface area contributed by atoms with Crippen LogP contribution in [0.3, 0.4) is 0 Å². The minimum absolute atomic E-state index is 0.0481. The lowest BCUT2D eigenvalue weighted by molar-refractivity contribution is -0.139. The zero-order chi connectivity index (χ0) is 26.1. The van der Waals surface area contributed by atoms with Gasteiger partial charge in [-0.3, -0.25) is 13.9 Å². The van der Waals surface area contributed by atoms with Crippen molar-refractivity contribution >= 4 is 39.1 Å². The lowest BCUT2D eigenvalue weighted by Crippen LogP contribution is -2.52. The molecule has 9 heteroatoms. The van der Waals surface area contributed by atoms with E-state index in [9.17, 15) is 18.0 Å². The predicted octanol–water partition coefficient (Wildman–Crippen LogP) is 4.13. The number of sulfonamides is 1. The van der Waals surface area contributed by atoms with Crippen molar-refractivity contribution in [2.75, 3.05) is 24.4 Å². The highest BCUT2D eigenvalue weighted by atomic mass is 35.5. The predicted molar refractivity (Wildman–Crippen MR) is 142 cm³/mol. The molecule has 0 spiro atoms. The molecule has 0 saturated heterocycles. The van der Waals surface area contributed by atoms with E-state index < -0.39 is 28.5 Å². The summed E-state index contributed by atoms with van der Waals surface area (Å²) >= 11 is 6.17. The average Bonchev–Trinajstić information content (AvgIpc) is 2.90. The molecule has 36 heavy (non-hydrogen) atoms. The maximum absolute atomic E-state index is 13.7. The zero-order valence-corrected chi connectivity index (χ0v) is 21.9. The summed E-state index contributed by atoms with van der Waals surface area (Å²) in [5, 5.41) is 2.95. The molecule has 0 aliphatic rings. The number of nitrogens with one attached hydrogen (secondary N) is 1. The summed E-state index contributed by atoms with van der Waals surface area (Å²) in [5.74, 6) is -0.792. The highest BCUT2D eigenvalue weighted by Crippen LogP contribution is 2.26. The second-order valence-electron chi connectivity index (χ2n) is 8.17. The number of rotatable bonds is 11. The Morgan fingerprint density at radius 3 is 2.17 bits per heavy atom. The normalized spacial score (nSPS) is 12.0. The molecule has 1 N–H and O–H groups in total. The standard InChI is InChI=1S/C27H30ClN3O4S/c1-3-25(27(33)29-2)30(18-17-21-11-6-4-7-12-21)26(32)20-31(23-14-10-13-22(28)19-23)36(34,35)24-15-8-5-9-16-24/h4-16,19,25H,3,17-18,20H2,1-2H3,(H,29,33)/t25-/m0/s1. The summed E-state index contributed by atoms with van der Waals surface area (Å²) in [7, 11) is -2.58. The van der Waals surface area contributed by atoms with Gasteiger partial charge in [-0.1, -0.05) is 73.1 Å². The molecule has 0 aliphatic carbocycles. The fourth-order valence-electron chi connectivity index (χ4n) is 3.94. The van der Waals surface area contributed by atoms with E-state index in [4.69, 9.17) is 11.6 Å². The van der Waals surface area contributed by atoms with Gasteiger partial charge in [-0.25, -0.2) is 8.42 Å². The van der Waals surface area contributed by atoms with Crippen molar-refractivity contribution in [1.29, 1.82) is 0 Å². The van der Waals surface area contributed by atoms with Crippen LogP contribution in [0, 0.1) is 0 Å². The third-order valence-electron chi connectivity index (χ3n) is 5.82. The van der Waals surface area contributed by atoms with E-state index in [1.807, 2.05) is 37.3 Å². The zero-order valence-electron chi connectivity index (χ0n) is 20.3. The highest BCUT2D eigenvalue weighted by Gasteiger charge is 2.33. The first-order chi connectivity index (χ1) is 17.3. The van der Waals surface area contributed by atoms with E-state index in [2.05, 4.69) is 5.32 Å². The van der Waals surface area contributed by atoms with Crippen molar-refractivity contribution in [1.82, 2.24) is 10.2 Å². The first kappa shape index (κ1) is 27.2. The van der Waals surface area contributed by atoms with E-state index in [1.165, 1.54) is 30.1 Å². The van der Waals surface area contributed by atoms with Crippen LogP contribution in [-0.4, -0.2) is 51.3 Å². The van der Waals surface area contributed by atoms with Gasteiger partial charge in [0.05, 0.1) is 10.6 Å². The van der Waals surface area contributed by atoms with Crippen molar-refractivity contribution < 1.29 is 18.0 Å². The largest absolute Gasteiger partial charge is 0.357 e. The molecule has 1 atom stereocenters. The first-order valence-electron chi connectivity index (χ1n) is 11.7. The fourth-order valence-corrected chi connectivity index (χ4v) is 5.55. The number of likely N-dealkylation sites (N-methyl/N-ethyl adjacent to an activating group) is 1. The van der Waals surface area contributed by atoms with E-state index in [-0.39, 0.29) is 23.0 Å². The molecule has 3 aromatic carbocycles. The van der Waals surface area contributed by atoms with Gasteiger partial charge in [0.2, 0.25) is 11.8 Å². The lowest BCUT2D eigenvalue weighted by Gasteiger charge is -2.33. The summed E-state index contributed by atoms with van der Waals surface area (Å²) in [4.78, 5) is 27.9. The van der Waals surface area contributed by atoms with Gasteiger partial charge in [-0.05, 0) is 48.7 Å². The Bertz CT molecular complexity index is 1270. The third-order valence-corrected chi connectivity index (χ3v) is 7.85. The number of carbonyl (C=O) groups is 2. The minimum atomic E-state index is -4.10. The van der Waals surface area contributed by atoms with Gasteiger partial charge in [0.25, 0.3) is 10.0 Å². The molecule has 7 nitrogen and oxygen atoms in total. The number of hydrogen-bond donors (Lipinski definition) is 1. The number of nitrogens with zero attached hydrogens (tertiary/aromatic N) is 2. The van der Waals surface area contributed by atoms with Crippen LogP contribution in [0.4, 0.5) is 5.69 Å². The molecule has 0 saturated carbocycles. The second-order valence-corrected chi connectivity index (χ2v) is 10.5. The Hall–Kier alpha value is -3.36. The van der Waals surface area contributed by atoms with Crippen LogP contribution in [0.25, 0.3) is 0 Å². The van der Waals surface area contributed by atoms with Crippen molar-refractivity contribution in [3.63, 3.8) is 0 Å². The van der Waals surface area contributed by atoms with E-state index in [0.29, 0.717) is 17.9 Å². The van der Waals surface area contributed by atoms with Gasteiger partial charge in [0.1, 0.15) is 12.6 Å². The van der Waals surface area contributed by atoms with Crippen LogP contribution in [-0.2, 0) is 26.0 Å². The monoisotopic (exact) mass is 527 g/mol. The Morgan fingerprint density at radius 2 is 1.58 bits per heavy atom. The van der Waals surface area contributed by atoms with Crippen LogP contribution in [0.1, 0.15) is 18.9 Å². The number of carbonyl (C=O) groups excluding carboxylic acids is 2. The first-order valence-corrected chi connectivity index (χ1v) is 13.5. The molecule has 2 amide bonds. The van der Waals surface area contributed by atoms with Gasteiger partial charge in [-0.2, -0.15) is 0 Å². The maximum Gasteiger partial charge on any atom is 0.264 e. The maximum atomic E-state index is 13.7. The molecule has 3 rings (SSSR count). The molecule has 0 fully saturated rings. The molecule has 0 aliphatic heterocycles. The molecule has 3 aromatic rings. The van der Waals surface area contributed by atoms with Crippen LogP contribution >= 0.6 is 11.6 Å². The molecular formula is C27H30ClN3O4S. The summed E-state index contributed by atoms with van der Waals surface area (Å²) in [6.45, 7) is 1.58. The average molecular weight is 528 g/mol. The number of anilines is 1. The molecule has 0 aromatic heterocycles. The van der Waals surface area contributed by atoms with E-state index in [1.54, 1.807) is 36.4 Å². The molecule has 0 bridgehead atoms. The van der Waals surface area contributed by atoms with Gasteiger partial charge in [0, 0.05) is 18.6 Å². The van der Waals surface area contributed by atoms with Gasteiger partial charge in [-0.15, -0.1) is 0 Å². The Labute approximate surface area is 217 Å². The molecular weight excluding hydrogens is 498 g/mol.